The first-order chi connectivity index (χ1) is 11.9. The molecule has 25 heavy (non-hydrogen) atoms. The van der Waals surface area contributed by atoms with Crippen LogP contribution in [0.25, 0.3) is 11.3 Å². The van der Waals surface area contributed by atoms with Crippen molar-refractivity contribution in [2.75, 3.05) is 7.11 Å². The maximum atomic E-state index is 11.3. The minimum atomic E-state index is -1.05. The van der Waals surface area contributed by atoms with E-state index in [1.165, 1.54) is 0 Å². The number of hydrogen-bond acceptors (Lipinski definition) is 5. The number of fused-ring (bicyclic) bond motifs is 2. The number of benzene rings is 1. The van der Waals surface area contributed by atoms with E-state index in [-0.39, 0.29) is 17.9 Å². The number of carbonyl (C=O) groups is 1. The highest BCUT2D eigenvalue weighted by atomic mass is 16.5. The fourth-order valence-electron chi connectivity index (χ4n) is 3.77. The number of methoxy groups -OCH3 is 1. The zero-order valence-corrected chi connectivity index (χ0v) is 14.6. The van der Waals surface area contributed by atoms with E-state index in [4.69, 9.17) is 14.2 Å². The predicted molar refractivity (Wildman–Crippen MR) is 89.7 cm³/mol. The number of aryl methyl sites for hydroxylation is 1. The molecule has 2 aliphatic rings. The standard InChI is InChI=1S/C18H20N2O5/c1-8-5-10-14(13-7-12(18(21)22)19-20(13)3)15-11(6-9(2)24-15)16(23-4)17(10)25-8/h7-9H,5-6H2,1-4H3,(H,21,22). The lowest BCUT2D eigenvalue weighted by Crippen LogP contribution is -2.08. The summed E-state index contributed by atoms with van der Waals surface area (Å²) >= 11 is 0. The lowest BCUT2D eigenvalue weighted by Gasteiger charge is -2.17. The minimum absolute atomic E-state index is 0.00817. The van der Waals surface area contributed by atoms with Gasteiger partial charge in [-0.15, -0.1) is 0 Å². The van der Waals surface area contributed by atoms with Gasteiger partial charge in [0.2, 0.25) is 0 Å². The lowest BCUT2D eigenvalue weighted by molar-refractivity contribution is 0.0689. The third-order valence-corrected chi connectivity index (χ3v) is 4.74. The van der Waals surface area contributed by atoms with Crippen LogP contribution < -0.4 is 14.2 Å². The van der Waals surface area contributed by atoms with Gasteiger partial charge in [-0.05, 0) is 19.9 Å². The van der Waals surface area contributed by atoms with E-state index in [1.54, 1.807) is 24.9 Å². The van der Waals surface area contributed by atoms with Gasteiger partial charge in [0.05, 0.1) is 12.8 Å². The summed E-state index contributed by atoms with van der Waals surface area (Å²) in [7, 11) is 3.37. The Hall–Kier alpha value is -2.70. The molecule has 0 bridgehead atoms. The molecule has 0 saturated carbocycles. The number of aromatic carboxylic acids is 1. The molecule has 0 spiro atoms. The van der Waals surface area contributed by atoms with E-state index in [0.717, 1.165) is 40.4 Å². The SMILES string of the molecule is COc1c2c(c(-c3cc(C(=O)O)nn3C)c3c1OC(C)C3)OC(C)C2. The minimum Gasteiger partial charge on any atom is -0.492 e. The molecule has 4 rings (SSSR count). The van der Waals surface area contributed by atoms with Crippen molar-refractivity contribution in [3.05, 3.63) is 22.9 Å². The highest BCUT2D eigenvalue weighted by molar-refractivity contribution is 5.89. The van der Waals surface area contributed by atoms with E-state index in [2.05, 4.69) is 5.10 Å². The van der Waals surface area contributed by atoms with Crippen LogP contribution in [0.2, 0.25) is 0 Å². The van der Waals surface area contributed by atoms with Gasteiger partial charge in [0.15, 0.2) is 17.2 Å². The Bertz CT molecular complexity index is 847. The molecule has 0 saturated heterocycles. The summed E-state index contributed by atoms with van der Waals surface area (Å²) in [5.74, 6) is 1.16. The van der Waals surface area contributed by atoms with Crippen molar-refractivity contribution in [2.45, 2.75) is 38.9 Å². The van der Waals surface area contributed by atoms with Gasteiger partial charge in [-0.3, -0.25) is 4.68 Å². The molecular weight excluding hydrogens is 324 g/mol. The second kappa shape index (κ2) is 5.40. The summed E-state index contributed by atoms with van der Waals surface area (Å²) < 4.78 is 19.3. The summed E-state index contributed by atoms with van der Waals surface area (Å²) in [6.45, 7) is 4.01. The van der Waals surface area contributed by atoms with Crippen molar-refractivity contribution in [1.82, 2.24) is 9.78 Å². The fraction of sp³-hybridized carbons (Fsp3) is 0.444. The summed E-state index contributed by atoms with van der Waals surface area (Å²) in [5.41, 5.74) is 3.53. The monoisotopic (exact) mass is 344 g/mol. The third kappa shape index (κ3) is 2.26. The summed E-state index contributed by atoms with van der Waals surface area (Å²) in [6.07, 6.45) is 1.48. The molecule has 2 atom stereocenters. The molecule has 3 heterocycles. The number of ether oxygens (including phenoxy) is 3. The lowest BCUT2D eigenvalue weighted by atomic mass is 9.94. The maximum Gasteiger partial charge on any atom is 0.356 e. The Balaban J connectivity index is 2.02. The Morgan fingerprint density at radius 2 is 1.88 bits per heavy atom. The van der Waals surface area contributed by atoms with Gasteiger partial charge < -0.3 is 19.3 Å². The van der Waals surface area contributed by atoms with Crippen molar-refractivity contribution in [2.24, 2.45) is 7.05 Å². The van der Waals surface area contributed by atoms with Crippen LogP contribution in [0.1, 0.15) is 35.5 Å². The molecule has 1 N–H and O–H groups in total. The zero-order chi connectivity index (χ0) is 17.9. The van der Waals surface area contributed by atoms with Crippen molar-refractivity contribution in [3.63, 3.8) is 0 Å². The maximum absolute atomic E-state index is 11.3. The molecule has 7 heteroatoms. The molecule has 0 amide bonds. The highest BCUT2D eigenvalue weighted by Crippen LogP contribution is 2.54. The van der Waals surface area contributed by atoms with Crippen molar-refractivity contribution < 1.29 is 24.1 Å². The van der Waals surface area contributed by atoms with E-state index < -0.39 is 5.97 Å². The number of hydrogen-bond donors (Lipinski definition) is 1. The van der Waals surface area contributed by atoms with Crippen LogP contribution in [0.15, 0.2) is 6.07 Å². The van der Waals surface area contributed by atoms with E-state index in [0.29, 0.717) is 12.1 Å². The Morgan fingerprint density at radius 3 is 2.48 bits per heavy atom. The largest absolute Gasteiger partial charge is 0.492 e. The quantitative estimate of drug-likeness (QED) is 0.921. The second-order valence-electron chi connectivity index (χ2n) is 6.63. The van der Waals surface area contributed by atoms with Gasteiger partial charge in [-0.2, -0.15) is 5.10 Å². The average Bonchev–Trinajstić information content (AvgIpc) is 3.21. The van der Waals surface area contributed by atoms with Crippen molar-refractivity contribution >= 4 is 5.97 Å². The van der Waals surface area contributed by atoms with Crippen LogP contribution in [0.3, 0.4) is 0 Å². The summed E-state index contributed by atoms with van der Waals surface area (Å²) in [4.78, 5) is 11.3. The van der Waals surface area contributed by atoms with E-state index >= 15 is 0 Å². The normalized spacial score (nSPS) is 20.6. The highest BCUT2D eigenvalue weighted by Gasteiger charge is 2.38. The van der Waals surface area contributed by atoms with Crippen LogP contribution in [0.4, 0.5) is 0 Å². The Labute approximate surface area is 145 Å². The molecule has 132 valence electrons. The van der Waals surface area contributed by atoms with Gasteiger partial charge in [-0.25, -0.2) is 4.79 Å². The topological polar surface area (TPSA) is 82.8 Å². The van der Waals surface area contributed by atoms with Crippen molar-refractivity contribution in [3.8, 4) is 28.5 Å². The molecular formula is C18H20N2O5. The number of carboxylic acids is 1. The number of nitrogens with zero attached hydrogens (tertiary/aromatic N) is 2. The fourth-order valence-corrected chi connectivity index (χ4v) is 3.77. The molecule has 0 aliphatic carbocycles. The van der Waals surface area contributed by atoms with Gasteiger partial charge >= 0.3 is 5.97 Å². The van der Waals surface area contributed by atoms with Crippen LogP contribution in [-0.2, 0) is 19.9 Å². The van der Waals surface area contributed by atoms with E-state index in [1.807, 2.05) is 13.8 Å². The molecule has 1 aromatic heterocycles. The van der Waals surface area contributed by atoms with Gasteiger partial charge in [-0.1, -0.05) is 0 Å². The zero-order valence-electron chi connectivity index (χ0n) is 14.6. The average molecular weight is 344 g/mol. The second-order valence-corrected chi connectivity index (χ2v) is 6.63. The molecule has 0 fully saturated rings. The molecule has 1 aromatic carbocycles. The van der Waals surface area contributed by atoms with Gasteiger partial charge in [0.1, 0.15) is 18.0 Å². The third-order valence-electron chi connectivity index (χ3n) is 4.74. The first-order valence-electron chi connectivity index (χ1n) is 8.27. The van der Waals surface area contributed by atoms with E-state index in [9.17, 15) is 9.90 Å². The Morgan fingerprint density at radius 1 is 1.24 bits per heavy atom. The molecule has 0 radical (unpaired) electrons. The van der Waals surface area contributed by atoms with Crippen LogP contribution in [0, 0.1) is 0 Å². The molecule has 2 aliphatic heterocycles. The number of rotatable bonds is 3. The molecule has 7 nitrogen and oxygen atoms in total. The molecule has 2 unspecified atom stereocenters. The predicted octanol–water partition coefficient (Wildman–Crippen LogP) is 2.44. The Kier molecular flexibility index (Phi) is 3.42. The first-order valence-corrected chi connectivity index (χ1v) is 8.27. The smallest absolute Gasteiger partial charge is 0.356 e. The van der Waals surface area contributed by atoms with Crippen LogP contribution in [-0.4, -0.2) is 40.2 Å². The first kappa shape index (κ1) is 15.8. The summed E-state index contributed by atoms with van der Waals surface area (Å²) in [5, 5.41) is 13.4. The van der Waals surface area contributed by atoms with Gasteiger partial charge in [0.25, 0.3) is 0 Å². The van der Waals surface area contributed by atoms with Crippen molar-refractivity contribution in [1.29, 1.82) is 0 Å². The number of aromatic nitrogens is 2. The van der Waals surface area contributed by atoms with Crippen LogP contribution >= 0.6 is 0 Å². The number of carboxylic acid groups (broad SMARTS) is 1. The molecule has 2 aromatic rings. The van der Waals surface area contributed by atoms with Crippen LogP contribution in [0.5, 0.6) is 17.2 Å². The summed E-state index contributed by atoms with van der Waals surface area (Å²) in [6, 6.07) is 1.58. The van der Waals surface area contributed by atoms with Gasteiger partial charge in [0, 0.05) is 36.6 Å².